The summed E-state index contributed by atoms with van der Waals surface area (Å²) in [6.45, 7) is 4.20. The molecule has 0 aromatic carbocycles. The Morgan fingerprint density at radius 3 is 2.71 bits per heavy atom. The Labute approximate surface area is 108 Å². The highest BCUT2D eigenvalue weighted by Crippen LogP contribution is 2.28. The van der Waals surface area contributed by atoms with Crippen molar-refractivity contribution in [3.05, 3.63) is 17.0 Å². The van der Waals surface area contributed by atoms with E-state index in [1.54, 1.807) is 0 Å². The van der Waals surface area contributed by atoms with Crippen molar-refractivity contribution < 1.29 is 0 Å². The second-order valence-electron chi connectivity index (χ2n) is 4.97. The molecule has 1 aliphatic carbocycles. The molecule has 1 aliphatic rings. The van der Waals surface area contributed by atoms with Crippen molar-refractivity contribution in [1.82, 2.24) is 9.97 Å². The summed E-state index contributed by atoms with van der Waals surface area (Å²) in [5, 5.41) is 4.03. The van der Waals surface area contributed by atoms with Gasteiger partial charge in [0.2, 0.25) is 0 Å². The maximum Gasteiger partial charge on any atom is 0.137 e. The van der Waals surface area contributed by atoms with Crippen LogP contribution in [0.2, 0.25) is 5.15 Å². The predicted octanol–water partition coefficient (Wildman–Crippen LogP) is 3.82. The summed E-state index contributed by atoms with van der Waals surface area (Å²) in [6.07, 6.45) is 8.28. The number of aromatic nitrogens is 2. The summed E-state index contributed by atoms with van der Waals surface area (Å²) < 4.78 is 0. The van der Waals surface area contributed by atoms with Gasteiger partial charge >= 0.3 is 0 Å². The first kappa shape index (κ1) is 12.6. The molecule has 1 N–H and O–H groups in total. The van der Waals surface area contributed by atoms with Crippen LogP contribution >= 0.6 is 11.6 Å². The number of rotatable bonds is 3. The molecule has 3 nitrogen and oxygen atoms in total. The Bertz CT molecular complexity index is 375. The first-order valence-corrected chi connectivity index (χ1v) is 6.80. The number of nitrogens with zero attached hydrogens (tertiary/aromatic N) is 2. The van der Waals surface area contributed by atoms with Crippen LogP contribution in [0, 0.1) is 12.8 Å². The molecule has 0 amide bonds. The minimum atomic E-state index is 0.458. The van der Waals surface area contributed by atoms with E-state index in [9.17, 15) is 0 Å². The van der Waals surface area contributed by atoms with Crippen LogP contribution in [0.25, 0.3) is 0 Å². The second-order valence-corrected chi connectivity index (χ2v) is 5.33. The molecule has 1 saturated carbocycles. The fourth-order valence-corrected chi connectivity index (χ4v) is 2.67. The lowest BCUT2D eigenvalue weighted by Crippen LogP contribution is -2.28. The lowest BCUT2D eigenvalue weighted by molar-refractivity contribution is 0.328. The van der Waals surface area contributed by atoms with E-state index in [0.29, 0.717) is 11.2 Å². The normalized spacial score (nSPS) is 19.0. The minimum Gasteiger partial charge on any atom is -0.367 e. The van der Waals surface area contributed by atoms with Gasteiger partial charge in [-0.3, -0.25) is 0 Å². The van der Waals surface area contributed by atoms with Crippen LogP contribution < -0.4 is 5.32 Å². The quantitative estimate of drug-likeness (QED) is 0.833. The molecule has 0 bridgehead atoms. The molecule has 1 atom stereocenters. The van der Waals surface area contributed by atoms with Crippen LogP contribution in [0.1, 0.15) is 44.6 Å². The van der Waals surface area contributed by atoms with E-state index >= 15 is 0 Å². The summed E-state index contributed by atoms with van der Waals surface area (Å²) in [6, 6.07) is 0.458. The first-order chi connectivity index (χ1) is 8.18. The molecule has 4 heteroatoms. The first-order valence-electron chi connectivity index (χ1n) is 6.42. The van der Waals surface area contributed by atoms with Gasteiger partial charge in [-0.2, -0.15) is 0 Å². The zero-order valence-corrected chi connectivity index (χ0v) is 11.3. The monoisotopic (exact) mass is 253 g/mol. The fraction of sp³-hybridized carbons (Fsp3) is 0.692. The van der Waals surface area contributed by atoms with Crippen LogP contribution in [0.5, 0.6) is 0 Å². The van der Waals surface area contributed by atoms with E-state index in [4.69, 9.17) is 11.6 Å². The zero-order valence-electron chi connectivity index (χ0n) is 10.5. The predicted molar refractivity (Wildman–Crippen MR) is 71.4 cm³/mol. The van der Waals surface area contributed by atoms with E-state index in [-0.39, 0.29) is 0 Å². The molecule has 0 radical (unpaired) electrons. The summed E-state index contributed by atoms with van der Waals surface area (Å²) in [5.74, 6) is 1.64. The van der Waals surface area contributed by atoms with Crippen LogP contribution in [-0.4, -0.2) is 16.0 Å². The summed E-state index contributed by atoms with van der Waals surface area (Å²) >= 11 is 5.99. The Kier molecular flexibility index (Phi) is 4.21. The summed E-state index contributed by atoms with van der Waals surface area (Å²) in [4.78, 5) is 8.24. The molecule has 0 aliphatic heterocycles. The van der Waals surface area contributed by atoms with E-state index < -0.39 is 0 Å². The standard InChI is InChI=1S/C13H20ClN3/c1-9-12(14)15-8-16-13(9)17-10(2)11-6-4-3-5-7-11/h8,10-11H,3-7H2,1-2H3,(H,15,16,17). The van der Waals surface area contributed by atoms with Gasteiger partial charge in [0.15, 0.2) is 0 Å². The molecule has 1 heterocycles. The molecule has 2 rings (SSSR count). The Morgan fingerprint density at radius 2 is 2.00 bits per heavy atom. The van der Waals surface area contributed by atoms with Gasteiger partial charge in [0.1, 0.15) is 17.3 Å². The lowest BCUT2D eigenvalue weighted by atomic mass is 9.84. The number of hydrogen-bond acceptors (Lipinski definition) is 3. The van der Waals surface area contributed by atoms with Gasteiger partial charge in [0.25, 0.3) is 0 Å². The van der Waals surface area contributed by atoms with Crippen molar-refractivity contribution in [2.45, 2.75) is 52.0 Å². The molecule has 1 fully saturated rings. The molecular weight excluding hydrogens is 234 g/mol. The Morgan fingerprint density at radius 1 is 1.29 bits per heavy atom. The second kappa shape index (κ2) is 5.67. The Hall–Kier alpha value is -0.830. The van der Waals surface area contributed by atoms with Crippen molar-refractivity contribution in [3.8, 4) is 0 Å². The maximum absolute atomic E-state index is 5.99. The van der Waals surface area contributed by atoms with Gasteiger partial charge in [-0.15, -0.1) is 0 Å². The Balaban J connectivity index is 2.01. The van der Waals surface area contributed by atoms with Crippen LogP contribution in [-0.2, 0) is 0 Å². The van der Waals surface area contributed by atoms with Crippen molar-refractivity contribution in [3.63, 3.8) is 0 Å². The third kappa shape index (κ3) is 3.09. The maximum atomic E-state index is 5.99. The number of halogens is 1. The van der Waals surface area contributed by atoms with Crippen LogP contribution in [0.4, 0.5) is 5.82 Å². The highest BCUT2D eigenvalue weighted by Gasteiger charge is 2.20. The summed E-state index contributed by atoms with van der Waals surface area (Å²) in [7, 11) is 0. The summed E-state index contributed by atoms with van der Waals surface area (Å²) in [5.41, 5.74) is 0.942. The molecule has 0 spiro atoms. The van der Waals surface area contributed by atoms with Crippen molar-refractivity contribution in [2.24, 2.45) is 5.92 Å². The highest BCUT2D eigenvalue weighted by molar-refractivity contribution is 6.30. The van der Waals surface area contributed by atoms with E-state index in [0.717, 1.165) is 17.3 Å². The average molecular weight is 254 g/mol. The lowest BCUT2D eigenvalue weighted by Gasteiger charge is -2.29. The smallest absolute Gasteiger partial charge is 0.137 e. The van der Waals surface area contributed by atoms with E-state index in [1.165, 1.54) is 38.4 Å². The third-order valence-corrected chi connectivity index (χ3v) is 4.12. The fourth-order valence-electron chi connectivity index (χ4n) is 2.54. The zero-order chi connectivity index (χ0) is 12.3. The number of hydrogen-bond donors (Lipinski definition) is 1. The van der Waals surface area contributed by atoms with Gasteiger partial charge < -0.3 is 5.32 Å². The van der Waals surface area contributed by atoms with Gasteiger partial charge in [0, 0.05) is 11.6 Å². The number of nitrogens with one attached hydrogen (secondary N) is 1. The SMILES string of the molecule is Cc1c(Cl)ncnc1NC(C)C1CCCCC1. The van der Waals surface area contributed by atoms with Crippen LogP contribution in [0.15, 0.2) is 6.33 Å². The van der Waals surface area contributed by atoms with Gasteiger partial charge in [-0.1, -0.05) is 30.9 Å². The third-order valence-electron chi connectivity index (χ3n) is 3.74. The van der Waals surface area contributed by atoms with Crippen molar-refractivity contribution >= 4 is 17.4 Å². The van der Waals surface area contributed by atoms with E-state index in [1.807, 2.05) is 6.92 Å². The molecular formula is C13H20ClN3. The average Bonchev–Trinajstić information content (AvgIpc) is 2.36. The molecule has 94 valence electrons. The van der Waals surface area contributed by atoms with E-state index in [2.05, 4.69) is 22.2 Å². The van der Waals surface area contributed by atoms with Crippen LogP contribution in [0.3, 0.4) is 0 Å². The van der Waals surface area contributed by atoms with Crippen molar-refractivity contribution in [2.75, 3.05) is 5.32 Å². The highest BCUT2D eigenvalue weighted by atomic mass is 35.5. The minimum absolute atomic E-state index is 0.458. The molecule has 0 saturated heterocycles. The van der Waals surface area contributed by atoms with Crippen molar-refractivity contribution in [1.29, 1.82) is 0 Å². The molecule has 1 aromatic rings. The largest absolute Gasteiger partial charge is 0.367 e. The number of anilines is 1. The molecule has 17 heavy (non-hydrogen) atoms. The molecule has 1 unspecified atom stereocenters. The molecule has 1 aromatic heterocycles. The van der Waals surface area contributed by atoms with Gasteiger partial charge in [-0.25, -0.2) is 9.97 Å². The van der Waals surface area contributed by atoms with Gasteiger partial charge in [-0.05, 0) is 32.6 Å². The van der Waals surface area contributed by atoms with Gasteiger partial charge in [0.05, 0.1) is 0 Å². The topological polar surface area (TPSA) is 37.8 Å².